The van der Waals surface area contributed by atoms with E-state index in [-0.39, 0.29) is 12.1 Å². The zero-order valence-electron chi connectivity index (χ0n) is 11.7. The summed E-state index contributed by atoms with van der Waals surface area (Å²) in [6, 6.07) is 20.0. The van der Waals surface area contributed by atoms with Gasteiger partial charge in [0, 0.05) is 5.56 Å². The fraction of sp³-hybridized carbons (Fsp3) is 0.105. The maximum atomic E-state index is 12.2. The average Bonchev–Trinajstić information content (AvgIpc) is 2.85. The Hall–Kier alpha value is -2.61. The van der Waals surface area contributed by atoms with Crippen LogP contribution in [-0.2, 0) is 4.74 Å². The summed E-state index contributed by atoms with van der Waals surface area (Å²) < 4.78 is 5.67. The van der Waals surface area contributed by atoms with Crippen molar-refractivity contribution in [2.45, 2.75) is 13.0 Å². The number of benzene rings is 3. The Balaban J connectivity index is 2.02. The highest BCUT2D eigenvalue weighted by molar-refractivity contribution is 6.02. The van der Waals surface area contributed by atoms with E-state index in [1.807, 2.05) is 55.5 Å². The molecular weight excluding hydrogens is 260 g/mol. The Morgan fingerprint density at radius 2 is 1.67 bits per heavy atom. The van der Waals surface area contributed by atoms with Crippen molar-refractivity contribution in [2.75, 3.05) is 0 Å². The van der Waals surface area contributed by atoms with Crippen LogP contribution >= 0.6 is 0 Å². The summed E-state index contributed by atoms with van der Waals surface area (Å²) in [5.41, 5.74) is 3.87. The van der Waals surface area contributed by atoms with Gasteiger partial charge in [-0.05, 0) is 34.9 Å². The summed E-state index contributed by atoms with van der Waals surface area (Å²) in [6.07, 6.45) is -0.306. The van der Waals surface area contributed by atoms with Crippen LogP contribution < -0.4 is 0 Å². The molecule has 1 unspecified atom stereocenters. The summed E-state index contributed by atoms with van der Waals surface area (Å²) in [6.45, 7) is 2.05. The van der Waals surface area contributed by atoms with Crippen LogP contribution in [0.5, 0.6) is 0 Å². The molecule has 4 rings (SSSR count). The van der Waals surface area contributed by atoms with E-state index in [4.69, 9.17) is 4.74 Å². The van der Waals surface area contributed by atoms with Crippen molar-refractivity contribution >= 4 is 16.7 Å². The molecule has 3 aromatic carbocycles. The molecule has 0 bridgehead atoms. The third kappa shape index (κ3) is 1.76. The minimum absolute atomic E-state index is 0.232. The van der Waals surface area contributed by atoms with Crippen LogP contribution in [0.3, 0.4) is 0 Å². The number of carbonyl (C=O) groups excluding carboxylic acids is 1. The van der Waals surface area contributed by atoms with Crippen LogP contribution in [0.4, 0.5) is 0 Å². The number of hydrogen-bond donors (Lipinski definition) is 0. The van der Waals surface area contributed by atoms with Gasteiger partial charge in [-0.1, -0.05) is 54.6 Å². The third-order valence-electron chi connectivity index (χ3n) is 4.15. The van der Waals surface area contributed by atoms with Gasteiger partial charge in [0.2, 0.25) is 0 Å². The van der Waals surface area contributed by atoms with Crippen molar-refractivity contribution in [1.82, 2.24) is 0 Å². The lowest BCUT2D eigenvalue weighted by Gasteiger charge is -2.15. The van der Waals surface area contributed by atoms with Crippen LogP contribution in [-0.4, -0.2) is 5.97 Å². The fourth-order valence-electron chi connectivity index (χ4n) is 3.09. The van der Waals surface area contributed by atoms with E-state index in [0.717, 1.165) is 27.5 Å². The maximum Gasteiger partial charge on any atom is 0.339 e. The molecule has 0 aromatic heterocycles. The molecule has 0 saturated carbocycles. The highest BCUT2D eigenvalue weighted by Crippen LogP contribution is 2.41. The predicted octanol–water partition coefficient (Wildman–Crippen LogP) is 4.41. The van der Waals surface area contributed by atoms with E-state index >= 15 is 0 Å². The monoisotopic (exact) mass is 274 g/mol. The molecule has 1 atom stereocenters. The van der Waals surface area contributed by atoms with Gasteiger partial charge >= 0.3 is 5.97 Å². The second-order valence-corrected chi connectivity index (χ2v) is 5.39. The fourth-order valence-corrected chi connectivity index (χ4v) is 3.09. The number of rotatable bonds is 1. The molecule has 0 saturated heterocycles. The van der Waals surface area contributed by atoms with Crippen LogP contribution in [0.15, 0.2) is 60.7 Å². The second-order valence-electron chi connectivity index (χ2n) is 5.39. The van der Waals surface area contributed by atoms with E-state index < -0.39 is 0 Å². The van der Waals surface area contributed by atoms with Crippen molar-refractivity contribution in [3.05, 3.63) is 82.9 Å². The summed E-state index contributed by atoms with van der Waals surface area (Å²) in [7, 11) is 0. The van der Waals surface area contributed by atoms with Gasteiger partial charge in [0.25, 0.3) is 0 Å². The molecule has 1 aliphatic heterocycles. The smallest absolute Gasteiger partial charge is 0.339 e. The van der Waals surface area contributed by atoms with E-state index in [1.54, 1.807) is 0 Å². The lowest BCUT2D eigenvalue weighted by Crippen LogP contribution is -2.03. The quantitative estimate of drug-likeness (QED) is 0.614. The van der Waals surface area contributed by atoms with Gasteiger partial charge in [0.1, 0.15) is 0 Å². The third-order valence-corrected chi connectivity index (χ3v) is 4.15. The zero-order chi connectivity index (χ0) is 14.4. The summed E-state index contributed by atoms with van der Waals surface area (Å²) in [5.74, 6) is -0.232. The first kappa shape index (κ1) is 12.2. The van der Waals surface area contributed by atoms with Crippen LogP contribution in [0.2, 0.25) is 0 Å². The predicted molar refractivity (Wildman–Crippen MR) is 82.4 cm³/mol. The SMILES string of the molecule is Cc1ccccc1C1OC(=O)c2ccc3ccccc3c21. The van der Waals surface area contributed by atoms with Gasteiger partial charge in [0.15, 0.2) is 6.10 Å². The maximum absolute atomic E-state index is 12.2. The largest absolute Gasteiger partial charge is 0.449 e. The Labute approximate surface area is 123 Å². The molecule has 21 heavy (non-hydrogen) atoms. The molecule has 1 heterocycles. The molecule has 0 amide bonds. The molecule has 3 aromatic rings. The number of esters is 1. The van der Waals surface area contributed by atoms with Crippen LogP contribution in [0.1, 0.15) is 33.2 Å². The molecule has 2 nitrogen and oxygen atoms in total. The first-order valence-corrected chi connectivity index (χ1v) is 7.04. The zero-order valence-corrected chi connectivity index (χ0v) is 11.7. The Morgan fingerprint density at radius 3 is 2.52 bits per heavy atom. The first-order chi connectivity index (χ1) is 10.3. The molecule has 1 aliphatic rings. The molecule has 2 heteroatoms. The number of aryl methyl sites for hydroxylation is 1. The second kappa shape index (κ2) is 4.45. The average molecular weight is 274 g/mol. The summed E-state index contributed by atoms with van der Waals surface area (Å²) in [4.78, 5) is 12.2. The van der Waals surface area contributed by atoms with Gasteiger partial charge in [-0.3, -0.25) is 0 Å². The molecule has 0 radical (unpaired) electrons. The number of cyclic esters (lactones) is 1. The van der Waals surface area contributed by atoms with Crippen molar-refractivity contribution in [3.63, 3.8) is 0 Å². The highest BCUT2D eigenvalue weighted by Gasteiger charge is 2.34. The normalized spacial score (nSPS) is 16.8. The van der Waals surface area contributed by atoms with Crippen molar-refractivity contribution in [1.29, 1.82) is 0 Å². The lowest BCUT2D eigenvalue weighted by atomic mass is 9.92. The van der Waals surface area contributed by atoms with Crippen molar-refractivity contribution < 1.29 is 9.53 Å². The molecule has 0 aliphatic carbocycles. The molecule has 0 spiro atoms. The van der Waals surface area contributed by atoms with E-state index in [9.17, 15) is 4.79 Å². The van der Waals surface area contributed by atoms with E-state index in [0.29, 0.717) is 5.56 Å². The Kier molecular flexibility index (Phi) is 2.58. The minimum Gasteiger partial charge on any atom is -0.449 e. The van der Waals surface area contributed by atoms with E-state index in [2.05, 4.69) is 12.1 Å². The number of ether oxygens (including phenoxy) is 1. The first-order valence-electron chi connectivity index (χ1n) is 7.04. The van der Waals surface area contributed by atoms with Gasteiger partial charge < -0.3 is 4.74 Å². The van der Waals surface area contributed by atoms with Crippen LogP contribution in [0.25, 0.3) is 10.8 Å². The Morgan fingerprint density at radius 1 is 0.905 bits per heavy atom. The van der Waals surface area contributed by atoms with Crippen molar-refractivity contribution in [3.8, 4) is 0 Å². The van der Waals surface area contributed by atoms with Crippen molar-refractivity contribution in [2.24, 2.45) is 0 Å². The molecule has 102 valence electrons. The summed E-state index contributed by atoms with van der Waals surface area (Å²) in [5, 5.41) is 2.22. The highest BCUT2D eigenvalue weighted by atomic mass is 16.5. The van der Waals surface area contributed by atoms with Gasteiger partial charge in [-0.25, -0.2) is 4.79 Å². The van der Waals surface area contributed by atoms with Gasteiger partial charge in [-0.15, -0.1) is 0 Å². The molecule has 0 N–H and O–H groups in total. The van der Waals surface area contributed by atoms with Crippen LogP contribution in [0, 0.1) is 6.92 Å². The topological polar surface area (TPSA) is 26.3 Å². The number of fused-ring (bicyclic) bond motifs is 3. The number of carbonyl (C=O) groups is 1. The Bertz CT molecular complexity index is 864. The lowest BCUT2D eigenvalue weighted by molar-refractivity contribution is 0.0456. The van der Waals surface area contributed by atoms with Gasteiger partial charge in [-0.2, -0.15) is 0 Å². The van der Waals surface area contributed by atoms with Gasteiger partial charge in [0.05, 0.1) is 5.56 Å². The molecular formula is C19H14O2. The minimum atomic E-state index is -0.306. The van der Waals surface area contributed by atoms with E-state index in [1.165, 1.54) is 0 Å². The number of hydrogen-bond acceptors (Lipinski definition) is 2. The standard InChI is InChI=1S/C19H14O2/c1-12-6-2-4-8-14(12)18-17-15-9-5-3-7-13(15)10-11-16(17)19(20)21-18/h2-11,18H,1H3. The molecule has 0 fully saturated rings. The summed E-state index contributed by atoms with van der Waals surface area (Å²) >= 11 is 0.